The van der Waals surface area contributed by atoms with E-state index >= 15 is 0 Å². The first-order chi connectivity index (χ1) is 9.58. The number of rotatable bonds is 6. The Morgan fingerprint density at radius 3 is 2.55 bits per heavy atom. The van der Waals surface area contributed by atoms with Gasteiger partial charge in [0.2, 0.25) is 0 Å². The summed E-state index contributed by atoms with van der Waals surface area (Å²) in [6, 6.07) is 1.83. The zero-order valence-electron chi connectivity index (χ0n) is 12.7. The molecule has 0 saturated heterocycles. The van der Waals surface area contributed by atoms with E-state index in [1.54, 1.807) is 12.4 Å². The smallest absolute Gasteiger partial charge is 0.149 e. The maximum atomic E-state index is 4.60. The van der Waals surface area contributed by atoms with Crippen molar-refractivity contribution in [2.24, 2.45) is 5.92 Å². The summed E-state index contributed by atoms with van der Waals surface area (Å²) in [5.74, 6) is 1.45. The van der Waals surface area contributed by atoms with Gasteiger partial charge in [-0.15, -0.1) is 0 Å². The first-order valence-electron chi connectivity index (χ1n) is 7.07. The van der Waals surface area contributed by atoms with Crippen LogP contribution in [0.15, 0.2) is 18.5 Å². The van der Waals surface area contributed by atoms with Crippen molar-refractivity contribution in [3.05, 3.63) is 41.2 Å². The summed E-state index contributed by atoms with van der Waals surface area (Å²) in [6.45, 7) is 11.1. The predicted molar refractivity (Wildman–Crippen MR) is 79.4 cm³/mol. The molecule has 0 amide bonds. The highest BCUT2D eigenvalue weighted by molar-refractivity contribution is 5.24. The van der Waals surface area contributed by atoms with Gasteiger partial charge in [0, 0.05) is 30.2 Å². The SMILES string of the molecule is Cc1nn(Cc2ncccn2)c(C)c1CNCC(C)C. The van der Waals surface area contributed by atoms with Crippen LogP contribution < -0.4 is 5.32 Å². The predicted octanol–water partition coefficient (Wildman–Crippen LogP) is 2.08. The van der Waals surface area contributed by atoms with Gasteiger partial charge >= 0.3 is 0 Å². The Morgan fingerprint density at radius 2 is 1.90 bits per heavy atom. The van der Waals surface area contributed by atoms with E-state index in [2.05, 4.69) is 48.1 Å². The van der Waals surface area contributed by atoms with Crippen molar-refractivity contribution >= 4 is 0 Å². The van der Waals surface area contributed by atoms with Gasteiger partial charge in [-0.25, -0.2) is 9.97 Å². The molecule has 0 radical (unpaired) electrons. The normalized spacial score (nSPS) is 11.2. The van der Waals surface area contributed by atoms with Gasteiger partial charge < -0.3 is 5.32 Å². The average Bonchev–Trinajstić information content (AvgIpc) is 2.67. The highest BCUT2D eigenvalue weighted by Gasteiger charge is 2.12. The molecular weight excluding hydrogens is 250 g/mol. The average molecular weight is 273 g/mol. The van der Waals surface area contributed by atoms with Gasteiger partial charge in [-0.3, -0.25) is 4.68 Å². The maximum absolute atomic E-state index is 4.60. The number of nitrogens with one attached hydrogen (secondary N) is 1. The molecule has 0 unspecified atom stereocenters. The summed E-state index contributed by atoms with van der Waals surface area (Å²) < 4.78 is 1.98. The van der Waals surface area contributed by atoms with Crippen LogP contribution in [0.3, 0.4) is 0 Å². The molecule has 108 valence electrons. The minimum Gasteiger partial charge on any atom is -0.312 e. The highest BCUT2D eigenvalue weighted by atomic mass is 15.3. The second kappa shape index (κ2) is 6.61. The molecule has 0 aliphatic rings. The Morgan fingerprint density at radius 1 is 1.20 bits per heavy atom. The van der Waals surface area contributed by atoms with Gasteiger partial charge in [0.25, 0.3) is 0 Å². The molecule has 0 bridgehead atoms. The first kappa shape index (κ1) is 14.7. The fraction of sp³-hybridized carbons (Fsp3) is 0.533. The molecule has 2 aromatic heterocycles. The summed E-state index contributed by atoms with van der Waals surface area (Å²) in [5.41, 5.74) is 3.54. The number of aromatic nitrogens is 4. The number of aryl methyl sites for hydroxylation is 1. The third-order valence-corrected chi connectivity index (χ3v) is 3.30. The highest BCUT2D eigenvalue weighted by Crippen LogP contribution is 2.13. The van der Waals surface area contributed by atoms with Crippen LogP contribution in [0.4, 0.5) is 0 Å². The molecule has 0 atom stereocenters. The Balaban J connectivity index is 2.08. The van der Waals surface area contributed by atoms with E-state index in [0.717, 1.165) is 24.6 Å². The van der Waals surface area contributed by atoms with Crippen molar-refractivity contribution in [2.45, 2.75) is 40.8 Å². The summed E-state index contributed by atoms with van der Waals surface area (Å²) in [6.07, 6.45) is 3.53. The van der Waals surface area contributed by atoms with Gasteiger partial charge in [0.15, 0.2) is 0 Å². The molecule has 5 heteroatoms. The lowest BCUT2D eigenvalue weighted by molar-refractivity contribution is 0.550. The van der Waals surface area contributed by atoms with E-state index in [-0.39, 0.29) is 0 Å². The Kier molecular flexibility index (Phi) is 4.84. The van der Waals surface area contributed by atoms with E-state index in [0.29, 0.717) is 12.5 Å². The zero-order chi connectivity index (χ0) is 14.5. The van der Waals surface area contributed by atoms with Crippen LogP contribution in [0, 0.1) is 19.8 Å². The largest absolute Gasteiger partial charge is 0.312 e. The third-order valence-electron chi connectivity index (χ3n) is 3.30. The van der Waals surface area contributed by atoms with Gasteiger partial charge in [0.1, 0.15) is 12.4 Å². The molecule has 2 heterocycles. The quantitative estimate of drug-likeness (QED) is 0.875. The molecule has 2 aromatic rings. The van der Waals surface area contributed by atoms with Crippen LogP contribution in [0.5, 0.6) is 0 Å². The molecule has 0 aliphatic heterocycles. The van der Waals surface area contributed by atoms with E-state index in [1.807, 2.05) is 10.7 Å². The second-order valence-corrected chi connectivity index (χ2v) is 5.50. The van der Waals surface area contributed by atoms with Crippen LogP contribution in [-0.2, 0) is 13.1 Å². The Hall–Kier alpha value is -1.75. The summed E-state index contributed by atoms with van der Waals surface area (Å²) in [4.78, 5) is 8.50. The molecule has 20 heavy (non-hydrogen) atoms. The van der Waals surface area contributed by atoms with E-state index in [4.69, 9.17) is 0 Å². The fourth-order valence-electron chi connectivity index (χ4n) is 2.18. The van der Waals surface area contributed by atoms with Crippen molar-refractivity contribution in [1.82, 2.24) is 25.1 Å². The summed E-state index contributed by atoms with van der Waals surface area (Å²) >= 11 is 0. The Labute approximate surface area is 120 Å². The van der Waals surface area contributed by atoms with Crippen LogP contribution in [0.2, 0.25) is 0 Å². The van der Waals surface area contributed by atoms with Crippen LogP contribution in [-0.4, -0.2) is 26.3 Å². The number of nitrogens with zero attached hydrogens (tertiary/aromatic N) is 4. The van der Waals surface area contributed by atoms with Crippen LogP contribution in [0.25, 0.3) is 0 Å². The van der Waals surface area contributed by atoms with Crippen LogP contribution in [0.1, 0.15) is 36.6 Å². The van der Waals surface area contributed by atoms with Gasteiger partial charge in [0.05, 0.1) is 5.69 Å². The minimum absolute atomic E-state index is 0.623. The van der Waals surface area contributed by atoms with E-state index in [9.17, 15) is 0 Å². The van der Waals surface area contributed by atoms with E-state index in [1.165, 1.54) is 11.3 Å². The molecule has 2 rings (SSSR count). The lowest BCUT2D eigenvalue weighted by Crippen LogP contribution is -2.19. The molecule has 0 fully saturated rings. The molecular formula is C15H23N5. The molecule has 1 N–H and O–H groups in total. The second-order valence-electron chi connectivity index (χ2n) is 5.50. The van der Waals surface area contributed by atoms with Gasteiger partial charge in [-0.2, -0.15) is 5.10 Å². The summed E-state index contributed by atoms with van der Waals surface area (Å²) in [5, 5.41) is 8.08. The lowest BCUT2D eigenvalue weighted by Gasteiger charge is -2.08. The summed E-state index contributed by atoms with van der Waals surface area (Å²) in [7, 11) is 0. The Bertz CT molecular complexity index is 545. The fourth-order valence-corrected chi connectivity index (χ4v) is 2.18. The monoisotopic (exact) mass is 273 g/mol. The zero-order valence-corrected chi connectivity index (χ0v) is 12.7. The molecule has 0 aliphatic carbocycles. The maximum Gasteiger partial charge on any atom is 0.149 e. The lowest BCUT2D eigenvalue weighted by atomic mass is 10.2. The molecule has 0 saturated carbocycles. The van der Waals surface area contributed by atoms with Crippen molar-refractivity contribution in [3.63, 3.8) is 0 Å². The number of hydrogen-bond acceptors (Lipinski definition) is 4. The standard InChI is InChI=1S/C15H23N5/c1-11(2)8-16-9-14-12(3)19-20(13(14)4)10-15-17-6-5-7-18-15/h5-7,11,16H,8-10H2,1-4H3. The minimum atomic E-state index is 0.623. The van der Waals surface area contributed by atoms with Crippen LogP contribution >= 0.6 is 0 Å². The van der Waals surface area contributed by atoms with Crippen molar-refractivity contribution in [1.29, 1.82) is 0 Å². The van der Waals surface area contributed by atoms with E-state index < -0.39 is 0 Å². The molecule has 0 aromatic carbocycles. The van der Waals surface area contributed by atoms with Crippen molar-refractivity contribution in [2.75, 3.05) is 6.54 Å². The van der Waals surface area contributed by atoms with Crippen molar-refractivity contribution in [3.8, 4) is 0 Å². The topological polar surface area (TPSA) is 55.6 Å². The molecule has 0 spiro atoms. The first-order valence-corrected chi connectivity index (χ1v) is 7.07. The number of hydrogen-bond donors (Lipinski definition) is 1. The van der Waals surface area contributed by atoms with Crippen molar-refractivity contribution < 1.29 is 0 Å². The third kappa shape index (κ3) is 3.63. The van der Waals surface area contributed by atoms with Gasteiger partial charge in [-0.05, 0) is 32.4 Å². The van der Waals surface area contributed by atoms with Gasteiger partial charge in [-0.1, -0.05) is 13.8 Å². The molecule has 5 nitrogen and oxygen atoms in total.